The largest absolute Gasteiger partial charge is 0.356 e. The van der Waals surface area contributed by atoms with Crippen molar-refractivity contribution in [3.8, 4) is 0 Å². The summed E-state index contributed by atoms with van der Waals surface area (Å²) in [4.78, 5) is 11.4. The van der Waals surface area contributed by atoms with E-state index in [0.29, 0.717) is 0 Å². The summed E-state index contributed by atoms with van der Waals surface area (Å²) < 4.78 is 0. The van der Waals surface area contributed by atoms with E-state index in [4.69, 9.17) is 0 Å². The Morgan fingerprint density at radius 2 is 2.18 bits per heavy atom. The third-order valence-electron chi connectivity index (χ3n) is 3.19. The zero-order valence-electron chi connectivity index (χ0n) is 13.3. The Bertz CT molecular complexity index is 593. The van der Waals surface area contributed by atoms with E-state index in [-0.39, 0.29) is 30.0 Å². The van der Waals surface area contributed by atoms with Crippen molar-refractivity contribution in [2.24, 2.45) is 4.99 Å². The first-order valence-electron chi connectivity index (χ1n) is 7.03. The molecule has 0 aliphatic heterocycles. The third-order valence-corrected chi connectivity index (χ3v) is 5.38. The fourth-order valence-electron chi connectivity index (χ4n) is 2.11. The van der Waals surface area contributed by atoms with Gasteiger partial charge in [-0.1, -0.05) is 6.07 Å². The maximum absolute atomic E-state index is 4.46. The van der Waals surface area contributed by atoms with Crippen LogP contribution in [0.3, 0.4) is 0 Å². The third kappa shape index (κ3) is 5.51. The average Bonchev–Trinajstić information content (AvgIpc) is 3.08. The lowest BCUT2D eigenvalue weighted by atomic mass is 10.3. The van der Waals surface area contributed by atoms with Crippen molar-refractivity contribution in [2.45, 2.75) is 33.2 Å². The van der Waals surface area contributed by atoms with E-state index >= 15 is 0 Å². The van der Waals surface area contributed by atoms with E-state index < -0.39 is 0 Å². The van der Waals surface area contributed by atoms with Crippen molar-refractivity contribution >= 4 is 52.6 Å². The fourth-order valence-corrected chi connectivity index (χ4v) is 3.78. The summed E-state index contributed by atoms with van der Waals surface area (Å²) in [5.74, 6) is 0.842. The first kappa shape index (κ1) is 19.4. The zero-order chi connectivity index (χ0) is 15.2. The van der Waals surface area contributed by atoms with Crippen LogP contribution in [0.2, 0.25) is 0 Å². The minimum Gasteiger partial charge on any atom is -0.356 e. The van der Waals surface area contributed by atoms with Gasteiger partial charge in [-0.2, -0.15) is 0 Å². The normalized spacial score (nSPS) is 12.6. The van der Waals surface area contributed by atoms with Gasteiger partial charge in [0, 0.05) is 29.8 Å². The molecule has 22 heavy (non-hydrogen) atoms. The lowest BCUT2D eigenvalue weighted by Gasteiger charge is -2.16. The Morgan fingerprint density at radius 3 is 2.73 bits per heavy atom. The average molecular weight is 450 g/mol. The number of aryl methyl sites for hydroxylation is 2. The molecule has 0 radical (unpaired) electrons. The molecule has 2 rings (SSSR count). The van der Waals surface area contributed by atoms with Crippen LogP contribution < -0.4 is 10.6 Å². The molecule has 0 spiro atoms. The van der Waals surface area contributed by atoms with Crippen molar-refractivity contribution in [1.82, 2.24) is 15.6 Å². The van der Waals surface area contributed by atoms with E-state index in [9.17, 15) is 0 Å². The van der Waals surface area contributed by atoms with Gasteiger partial charge >= 0.3 is 0 Å². The molecule has 0 bridgehead atoms. The molecule has 122 valence electrons. The van der Waals surface area contributed by atoms with Crippen LogP contribution in [0.4, 0.5) is 0 Å². The molecule has 0 aliphatic rings. The second kappa shape index (κ2) is 9.46. The summed E-state index contributed by atoms with van der Waals surface area (Å²) in [5, 5.41) is 10.0. The number of guanidine groups is 1. The highest BCUT2D eigenvalue weighted by Gasteiger charge is 2.09. The SMILES string of the molecule is CN=C(NCCc1sc(C)nc1C)NC(C)c1cccs1.I. The van der Waals surface area contributed by atoms with Crippen LogP contribution in [0.15, 0.2) is 22.5 Å². The molecule has 2 aromatic heterocycles. The summed E-state index contributed by atoms with van der Waals surface area (Å²) in [5.41, 5.74) is 1.15. The van der Waals surface area contributed by atoms with Crippen LogP contribution in [-0.4, -0.2) is 24.5 Å². The molecular formula is C15H23IN4S2. The molecule has 4 nitrogen and oxygen atoms in total. The van der Waals surface area contributed by atoms with Crippen molar-refractivity contribution in [1.29, 1.82) is 0 Å². The fraction of sp³-hybridized carbons (Fsp3) is 0.467. The molecule has 0 amide bonds. The quantitative estimate of drug-likeness (QED) is 0.413. The highest BCUT2D eigenvalue weighted by molar-refractivity contribution is 14.0. The zero-order valence-corrected chi connectivity index (χ0v) is 17.3. The highest BCUT2D eigenvalue weighted by atomic mass is 127. The number of nitrogens with one attached hydrogen (secondary N) is 2. The first-order valence-corrected chi connectivity index (χ1v) is 8.73. The lowest BCUT2D eigenvalue weighted by molar-refractivity contribution is 0.695. The van der Waals surface area contributed by atoms with Crippen molar-refractivity contribution in [2.75, 3.05) is 13.6 Å². The maximum Gasteiger partial charge on any atom is 0.191 e. The molecule has 0 aromatic carbocycles. The number of nitrogens with zero attached hydrogens (tertiary/aromatic N) is 2. The van der Waals surface area contributed by atoms with E-state index in [1.165, 1.54) is 9.75 Å². The lowest BCUT2D eigenvalue weighted by Crippen LogP contribution is -2.39. The Kier molecular flexibility index (Phi) is 8.34. The van der Waals surface area contributed by atoms with Gasteiger partial charge in [0.25, 0.3) is 0 Å². The molecule has 0 saturated carbocycles. The molecule has 1 unspecified atom stereocenters. The summed E-state index contributed by atoms with van der Waals surface area (Å²) in [6.45, 7) is 7.14. The maximum atomic E-state index is 4.46. The van der Waals surface area contributed by atoms with Gasteiger partial charge in [-0.05, 0) is 32.2 Å². The molecule has 2 heterocycles. The van der Waals surface area contributed by atoms with Crippen LogP contribution in [0.1, 0.15) is 33.4 Å². The second-order valence-corrected chi connectivity index (χ2v) is 7.14. The molecule has 0 aliphatic carbocycles. The standard InChI is InChI=1S/C15H22N4S2.HI/c1-10(13-6-5-9-20-13)19-15(16-4)17-8-7-14-11(2)18-12(3)21-14;/h5-6,9-10H,7-8H2,1-4H3,(H2,16,17,19);1H. The summed E-state index contributed by atoms with van der Waals surface area (Å²) in [6, 6.07) is 4.48. The van der Waals surface area contributed by atoms with E-state index in [1.54, 1.807) is 29.7 Å². The summed E-state index contributed by atoms with van der Waals surface area (Å²) >= 11 is 3.53. The minimum absolute atomic E-state index is 0. The Labute approximate surface area is 157 Å². The van der Waals surface area contributed by atoms with Gasteiger partial charge in [-0.3, -0.25) is 4.99 Å². The first-order chi connectivity index (χ1) is 10.1. The van der Waals surface area contributed by atoms with Gasteiger partial charge in [0.15, 0.2) is 5.96 Å². The van der Waals surface area contributed by atoms with Gasteiger partial charge < -0.3 is 10.6 Å². The predicted molar refractivity (Wildman–Crippen MR) is 108 cm³/mol. The monoisotopic (exact) mass is 450 g/mol. The number of hydrogen-bond acceptors (Lipinski definition) is 4. The number of halogens is 1. The van der Waals surface area contributed by atoms with Gasteiger partial charge in [0.2, 0.25) is 0 Å². The number of thiazole rings is 1. The van der Waals surface area contributed by atoms with Crippen molar-refractivity contribution in [3.05, 3.63) is 38.0 Å². The number of aromatic nitrogens is 1. The summed E-state index contributed by atoms with van der Waals surface area (Å²) in [7, 11) is 1.80. The molecule has 0 saturated heterocycles. The molecule has 7 heteroatoms. The molecular weight excluding hydrogens is 427 g/mol. The van der Waals surface area contributed by atoms with E-state index in [2.05, 4.69) is 58.9 Å². The minimum atomic E-state index is 0. The van der Waals surface area contributed by atoms with Crippen molar-refractivity contribution in [3.63, 3.8) is 0 Å². The number of hydrogen-bond donors (Lipinski definition) is 2. The van der Waals surface area contributed by atoms with Gasteiger partial charge in [-0.25, -0.2) is 4.98 Å². The Morgan fingerprint density at radius 1 is 1.41 bits per heavy atom. The Hall–Kier alpha value is -0.670. The number of rotatable bonds is 5. The van der Waals surface area contributed by atoms with Gasteiger partial charge in [0.05, 0.1) is 16.7 Å². The molecule has 2 N–H and O–H groups in total. The smallest absolute Gasteiger partial charge is 0.191 e. The van der Waals surface area contributed by atoms with Crippen LogP contribution in [0, 0.1) is 13.8 Å². The molecule has 1 atom stereocenters. The van der Waals surface area contributed by atoms with Gasteiger partial charge in [0.1, 0.15) is 0 Å². The van der Waals surface area contributed by atoms with E-state index in [1.807, 2.05) is 0 Å². The number of aliphatic imine (C=N–C) groups is 1. The molecule has 2 aromatic rings. The summed E-state index contributed by atoms with van der Waals surface area (Å²) in [6.07, 6.45) is 0.978. The highest BCUT2D eigenvalue weighted by Crippen LogP contribution is 2.18. The molecule has 0 fully saturated rings. The predicted octanol–water partition coefficient (Wildman–Crippen LogP) is 3.91. The van der Waals surface area contributed by atoms with Crippen LogP contribution >= 0.6 is 46.7 Å². The van der Waals surface area contributed by atoms with Crippen LogP contribution in [0.5, 0.6) is 0 Å². The van der Waals surface area contributed by atoms with Crippen molar-refractivity contribution < 1.29 is 0 Å². The second-order valence-electron chi connectivity index (χ2n) is 4.87. The van der Waals surface area contributed by atoms with E-state index in [0.717, 1.165) is 29.6 Å². The number of thiophene rings is 1. The van der Waals surface area contributed by atoms with Crippen LogP contribution in [-0.2, 0) is 6.42 Å². The topological polar surface area (TPSA) is 49.3 Å². The van der Waals surface area contributed by atoms with Gasteiger partial charge in [-0.15, -0.1) is 46.7 Å². The van der Waals surface area contributed by atoms with Crippen LogP contribution in [0.25, 0.3) is 0 Å². The Balaban J connectivity index is 0.00000242.